The lowest BCUT2D eigenvalue weighted by Crippen LogP contribution is -2.43. The molecule has 1 aliphatic heterocycles. The number of anilines is 1. The summed E-state index contributed by atoms with van der Waals surface area (Å²) in [7, 11) is 2.12. The first kappa shape index (κ1) is 15.3. The van der Waals surface area contributed by atoms with E-state index in [1.54, 1.807) is 12.1 Å². The molecule has 4 heteroatoms. The Hall–Kier alpha value is -1.13. The Kier molecular flexibility index (Phi) is 5.38. The van der Waals surface area contributed by atoms with Gasteiger partial charge < -0.3 is 15.5 Å². The molecule has 2 N–H and O–H groups in total. The number of rotatable bonds is 5. The second-order valence-corrected chi connectivity index (χ2v) is 5.59. The van der Waals surface area contributed by atoms with E-state index in [4.69, 9.17) is 5.73 Å². The Labute approximate surface area is 121 Å². The van der Waals surface area contributed by atoms with Gasteiger partial charge in [0, 0.05) is 31.9 Å². The molecule has 3 nitrogen and oxygen atoms in total. The summed E-state index contributed by atoms with van der Waals surface area (Å²) in [5, 5.41) is 0. The molecule has 0 unspecified atom stereocenters. The van der Waals surface area contributed by atoms with Gasteiger partial charge in [-0.3, -0.25) is 0 Å². The van der Waals surface area contributed by atoms with E-state index in [0.717, 1.165) is 37.3 Å². The van der Waals surface area contributed by atoms with Crippen LogP contribution >= 0.6 is 0 Å². The number of hydrogen-bond acceptors (Lipinski definition) is 3. The van der Waals surface area contributed by atoms with Gasteiger partial charge >= 0.3 is 0 Å². The van der Waals surface area contributed by atoms with Gasteiger partial charge in [-0.05, 0) is 56.1 Å². The number of hydrogen-bond donors (Lipinski definition) is 1. The van der Waals surface area contributed by atoms with E-state index >= 15 is 0 Å². The van der Waals surface area contributed by atoms with E-state index in [1.807, 2.05) is 6.07 Å². The molecule has 1 aromatic carbocycles. The number of likely N-dealkylation sites (tertiary alicyclic amines) is 1. The summed E-state index contributed by atoms with van der Waals surface area (Å²) in [5.74, 6) is -0.175. The maximum absolute atomic E-state index is 13.4. The molecule has 0 radical (unpaired) electrons. The van der Waals surface area contributed by atoms with Crippen molar-refractivity contribution in [1.82, 2.24) is 4.90 Å². The summed E-state index contributed by atoms with van der Waals surface area (Å²) in [5.41, 5.74) is 7.80. The van der Waals surface area contributed by atoms with Crippen molar-refractivity contribution in [2.75, 3.05) is 38.1 Å². The Morgan fingerprint density at radius 1 is 1.35 bits per heavy atom. The Morgan fingerprint density at radius 2 is 2.05 bits per heavy atom. The summed E-state index contributed by atoms with van der Waals surface area (Å²) in [4.78, 5) is 4.80. The molecule has 1 aromatic rings. The van der Waals surface area contributed by atoms with Crippen molar-refractivity contribution in [3.8, 4) is 0 Å². The van der Waals surface area contributed by atoms with Crippen LogP contribution in [0.3, 0.4) is 0 Å². The van der Waals surface area contributed by atoms with E-state index in [9.17, 15) is 4.39 Å². The molecule has 1 heterocycles. The molecular formula is C16H26FN3. The van der Waals surface area contributed by atoms with Crippen molar-refractivity contribution in [3.05, 3.63) is 29.6 Å². The van der Waals surface area contributed by atoms with Crippen molar-refractivity contribution < 1.29 is 4.39 Å². The first-order chi connectivity index (χ1) is 9.65. The van der Waals surface area contributed by atoms with E-state index in [-0.39, 0.29) is 5.82 Å². The minimum absolute atomic E-state index is 0.175. The molecule has 1 fully saturated rings. The standard InChI is InChI=1S/C16H26FN3/c1-3-20-10-7-15(8-11-20)19(2)16-5-4-14(17)12-13(16)6-9-18/h4-5,12,15H,3,6-11,18H2,1-2H3. The molecule has 0 atom stereocenters. The average molecular weight is 279 g/mol. The third-order valence-electron chi connectivity index (χ3n) is 4.39. The molecule has 20 heavy (non-hydrogen) atoms. The van der Waals surface area contributed by atoms with Gasteiger partial charge in [-0.15, -0.1) is 0 Å². The van der Waals surface area contributed by atoms with Crippen LogP contribution in [0, 0.1) is 5.82 Å². The van der Waals surface area contributed by atoms with Crippen molar-refractivity contribution in [2.45, 2.75) is 32.2 Å². The fourth-order valence-corrected chi connectivity index (χ4v) is 3.07. The zero-order valence-electron chi connectivity index (χ0n) is 12.6. The molecule has 0 spiro atoms. The van der Waals surface area contributed by atoms with Crippen molar-refractivity contribution in [3.63, 3.8) is 0 Å². The maximum Gasteiger partial charge on any atom is 0.123 e. The number of nitrogens with zero attached hydrogens (tertiary/aromatic N) is 2. The highest BCUT2D eigenvalue weighted by atomic mass is 19.1. The van der Waals surface area contributed by atoms with E-state index in [0.29, 0.717) is 12.6 Å². The molecule has 2 rings (SSSR count). The van der Waals surface area contributed by atoms with Gasteiger partial charge in [-0.2, -0.15) is 0 Å². The lowest BCUT2D eigenvalue weighted by Gasteiger charge is -2.38. The predicted octanol–water partition coefficient (Wildman–Crippen LogP) is 2.25. The Bertz CT molecular complexity index is 428. The van der Waals surface area contributed by atoms with Gasteiger partial charge in [0.05, 0.1) is 0 Å². The topological polar surface area (TPSA) is 32.5 Å². The van der Waals surface area contributed by atoms with Gasteiger partial charge in [-0.25, -0.2) is 4.39 Å². The van der Waals surface area contributed by atoms with Crippen LogP contribution in [0.25, 0.3) is 0 Å². The average Bonchev–Trinajstić information content (AvgIpc) is 2.47. The van der Waals surface area contributed by atoms with Gasteiger partial charge in [0.25, 0.3) is 0 Å². The maximum atomic E-state index is 13.4. The fourth-order valence-electron chi connectivity index (χ4n) is 3.07. The van der Waals surface area contributed by atoms with Crippen LogP contribution in [0.15, 0.2) is 18.2 Å². The van der Waals surface area contributed by atoms with Crippen LogP contribution in [0.2, 0.25) is 0 Å². The first-order valence-corrected chi connectivity index (χ1v) is 7.59. The molecule has 1 aliphatic rings. The van der Waals surface area contributed by atoms with Gasteiger partial charge in [-0.1, -0.05) is 6.92 Å². The number of nitrogens with two attached hydrogens (primary N) is 1. The number of benzene rings is 1. The van der Waals surface area contributed by atoms with Crippen LogP contribution in [0.4, 0.5) is 10.1 Å². The van der Waals surface area contributed by atoms with Gasteiger partial charge in [0.1, 0.15) is 5.82 Å². The molecule has 0 aliphatic carbocycles. The minimum Gasteiger partial charge on any atom is -0.371 e. The van der Waals surface area contributed by atoms with Crippen LogP contribution in [0.1, 0.15) is 25.3 Å². The van der Waals surface area contributed by atoms with Crippen LogP contribution in [-0.2, 0) is 6.42 Å². The highest BCUT2D eigenvalue weighted by Crippen LogP contribution is 2.26. The molecule has 0 amide bonds. The summed E-state index contributed by atoms with van der Waals surface area (Å²) in [6, 6.07) is 5.61. The van der Waals surface area contributed by atoms with Crippen molar-refractivity contribution in [2.24, 2.45) is 5.73 Å². The summed E-state index contributed by atoms with van der Waals surface area (Å²) >= 11 is 0. The van der Waals surface area contributed by atoms with E-state index in [1.165, 1.54) is 12.8 Å². The molecule has 112 valence electrons. The monoisotopic (exact) mass is 279 g/mol. The Balaban J connectivity index is 2.10. The number of piperidine rings is 1. The summed E-state index contributed by atoms with van der Waals surface area (Å²) < 4.78 is 13.4. The second kappa shape index (κ2) is 7.04. The summed E-state index contributed by atoms with van der Waals surface area (Å²) in [6.07, 6.45) is 3.07. The zero-order chi connectivity index (χ0) is 14.5. The number of halogens is 1. The highest BCUT2D eigenvalue weighted by molar-refractivity contribution is 5.54. The summed E-state index contributed by atoms with van der Waals surface area (Å²) in [6.45, 7) is 6.20. The zero-order valence-corrected chi connectivity index (χ0v) is 12.6. The van der Waals surface area contributed by atoms with Crippen molar-refractivity contribution in [1.29, 1.82) is 0 Å². The molecule has 0 bridgehead atoms. The molecular weight excluding hydrogens is 253 g/mol. The third kappa shape index (κ3) is 3.49. The smallest absolute Gasteiger partial charge is 0.123 e. The first-order valence-electron chi connectivity index (χ1n) is 7.59. The Morgan fingerprint density at radius 3 is 2.65 bits per heavy atom. The normalized spacial score (nSPS) is 17.4. The molecule has 1 saturated heterocycles. The fraction of sp³-hybridized carbons (Fsp3) is 0.625. The van der Waals surface area contributed by atoms with Crippen LogP contribution < -0.4 is 10.6 Å². The van der Waals surface area contributed by atoms with E-state index < -0.39 is 0 Å². The van der Waals surface area contributed by atoms with E-state index in [2.05, 4.69) is 23.8 Å². The third-order valence-corrected chi connectivity index (χ3v) is 4.39. The largest absolute Gasteiger partial charge is 0.371 e. The highest BCUT2D eigenvalue weighted by Gasteiger charge is 2.23. The molecule has 0 aromatic heterocycles. The second-order valence-electron chi connectivity index (χ2n) is 5.59. The van der Waals surface area contributed by atoms with Gasteiger partial charge in [0.2, 0.25) is 0 Å². The van der Waals surface area contributed by atoms with Crippen molar-refractivity contribution >= 4 is 5.69 Å². The predicted molar refractivity (Wildman–Crippen MR) is 82.7 cm³/mol. The minimum atomic E-state index is -0.175. The lowest BCUT2D eigenvalue weighted by atomic mass is 10.0. The molecule has 0 saturated carbocycles. The van der Waals surface area contributed by atoms with Gasteiger partial charge in [0.15, 0.2) is 0 Å². The van der Waals surface area contributed by atoms with Crippen LogP contribution in [0.5, 0.6) is 0 Å². The lowest BCUT2D eigenvalue weighted by molar-refractivity contribution is 0.221. The quantitative estimate of drug-likeness (QED) is 0.897. The SMILES string of the molecule is CCN1CCC(N(C)c2ccc(F)cc2CCN)CC1. The van der Waals surface area contributed by atoms with Crippen LogP contribution in [-0.4, -0.2) is 44.2 Å².